The average Bonchev–Trinajstić information content (AvgIpc) is 2.73. The number of carbonyl (C=O) groups is 3. The van der Waals surface area contributed by atoms with Crippen LogP contribution in [0.15, 0.2) is 0 Å². The van der Waals surface area contributed by atoms with Gasteiger partial charge in [0.2, 0.25) is 11.8 Å². The van der Waals surface area contributed by atoms with Gasteiger partial charge in [-0.2, -0.15) is 8.78 Å². The van der Waals surface area contributed by atoms with Crippen molar-refractivity contribution in [3.63, 3.8) is 0 Å². The van der Waals surface area contributed by atoms with Crippen molar-refractivity contribution < 1.29 is 41.8 Å². The van der Waals surface area contributed by atoms with Crippen molar-refractivity contribution in [2.75, 3.05) is 13.2 Å². The number of carboxylic acid groups (broad SMARTS) is 1. The number of nitrogens with one attached hydrogen (secondary N) is 1. The minimum atomic E-state index is -4.37. The van der Waals surface area contributed by atoms with Crippen molar-refractivity contribution >= 4 is 29.5 Å². The molecule has 2 aliphatic heterocycles. The third-order valence-electron chi connectivity index (χ3n) is 3.84. The van der Waals surface area contributed by atoms with Gasteiger partial charge < -0.3 is 20.1 Å². The van der Waals surface area contributed by atoms with E-state index in [0.29, 0.717) is 0 Å². The first-order valence-corrected chi connectivity index (χ1v) is 8.02. The van der Waals surface area contributed by atoms with Crippen molar-refractivity contribution in [2.24, 2.45) is 0 Å². The lowest BCUT2D eigenvalue weighted by Crippen LogP contribution is -2.70. The molecule has 0 aromatic heterocycles. The summed E-state index contributed by atoms with van der Waals surface area (Å²) in [5.41, 5.74) is 0. The second kappa shape index (κ2) is 6.63. The van der Waals surface area contributed by atoms with Crippen molar-refractivity contribution in [2.45, 2.75) is 48.4 Å². The first-order valence-electron chi connectivity index (χ1n) is 7.14. The Morgan fingerprint density at radius 1 is 1.44 bits per heavy atom. The fraction of sp³-hybridized carbons (Fsp3) is 0.769. The summed E-state index contributed by atoms with van der Waals surface area (Å²) in [5, 5.41) is 10.9. The van der Waals surface area contributed by atoms with E-state index in [9.17, 15) is 37.1 Å². The second-order valence-corrected chi connectivity index (χ2v) is 7.97. The summed E-state index contributed by atoms with van der Waals surface area (Å²) in [6, 6.07) is -2.07. The van der Waals surface area contributed by atoms with Gasteiger partial charge in [-0.3, -0.25) is 9.59 Å². The molecule has 0 aliphatic carbocycles. The van der Waals surface area contributed by atoms with Crippen LogP contribution in [0, 0.1) is 0 Å². The van der Waals surface area contributed by atoms with E-state index in [4.69, 9.17) is 0 Å². The highest BCUT2D eigenvalue weighted by Crippen LogP contribution is 2.50. The number of amides is 2. The maximum atomic E-state index is 12.7. The highest BCUT2D eigenvalue weighted by Gasteiger charge is 2.64. The molecule has 3 atom stereocenters. The Morgan fingerprint density at radius 3 is 2.56 bits per heavy atom. The van der Waals surface area contributed by atoms with E-state index in [1.807, 2.05) is 0 Å². The van der Waals surface area contributed by atoms with E-state index in [0.717, 1.165) is 4.90 Å². The van der Waals surface area contributed by atoms with E-state index in [1.54, 1.807) is 13.8 Å². The van der Waals surface area contributed by atoms with Crippen LogP contribution in [0.5, 0.6) is 0 Å². The molecule has 0 saturated carbocycles. The van der Waals surface area contributed by atoms with Crippen LogP contribution in [-0.4, -0.2) is 75.6 Å². The van der Waals surface area contributed by atoms with Gasteiger partial charge >= 0.3 is 18.3 Å². The summed E-state index contributed by atoms with van der Waals surface area (Å²) in [7, 11) is 0. The Labute approximate surface area is 144 Å². The lowest BCUT2D eigenvalue weighted by Gasteiger charge is -2.43. The number of hydrogen-bond acceptors (Lipinski definition) is 5. The summed E-state index contributed by atoms with van der Waals surface area (Å²) in [5.74, 6) is -7.08. The fourth-order valence-corrected chi connectivity index (χ4v) is 4.33. The number of carbonyl (C=O) groups excluding carboxylic acids is 2. The average molecular weight is 388 g/mol. The van der Waals surface area contributed by atoms with Crippen LogP contribution in [-0.2, 0) is 19.1 Å². The zero-order valence-electron chi connectivity index (χ0n) is 13.2. The van der Waals surface area contributed by atoms with Gasteiger partial charge in [-0.1, -0.05) is 0 Å². The zero-order chi connectivity index (χ0) is 19.2. The normalized spacial score (nSPS) is 27.9. The largest absolute Gasteiger partial charge is 0.480 e. The number of hydrogen-bond donors (Lipinski definition) is 2. The molecule has 2 aliphatic rings. The molecule has 2 N–H and O–H groups in total. The molecule has 25 heavy (non-hydrogen) atoms. The molecule has 0 aromatic carbocycles. The van der Waals surface area contributed by atoms with Gasteiger partial charge in [-0.05, 0) is 13.8 Å². The zero-order valence-corrected chi connectivity index (χ0v) is 14.0. The third kappa shape index (κ3) is 3.68. The summed E-state index contributed by atoms with van der Waals surface area (Å²) in [6.07, 6.45) is -3.91. The van der Waals surface area contributed by atoms with Crippen molar-refractivity contribution in [3.8, 4) is 0 Å². The summed E-state index contributed by atoms with van der Waals surface area (Å²) >= 11 is 1.19. The highest BCUT2D eigenvalue weighted by molar-refractivity contribution is 8.01. The SMILES string of the molecule is CC1(C)S[C@@H]2[C@H](NC(=O)COCC(F)(F)C(F)F)C(=O)N2[C@H]1C(=O)O. The van der Waals surface area contributed by atoms with Gasteiger partial charge in [0.1, 0.15) is 30.7 Å². The molecule has 0 aromatic rings. The molecule has 0 bridgehead atoms. The van der Waals surface area contributed by atoms with Crippen molar-refractivity contribution in [1.29, 1.82) is 0 Å². The lowest BCUT2D eigenvalue weighted by molar-refractivity contribution is -0.170. The van der Waals surface area contributed by atoms with Crippen molar-refractivity contribution in [3.05, 3.63) is 0 Å². The topological polar surface area (TPSA) is 95.9 Å². The van der Waals surface area contributed by atoms with Gasteiger partial charge in [0.05, 0.1) is 0 Å². The minimum absolute atomic E-state index is 0.602. The van der Waals surface area contributed by atoms with Gasteiger partial charge in [0.15, 0.2) is 0 Å². The second-order valence-electron chi connectivity index (χ2n) is 6.20. The number of fused-ring (bicyclic) bond motifs is 1. The molecule has 2 heterocycles. The highest BCUT2D eigenvalue weighted by atomic mass is 32.2. The number of ether oxygens (including phenoxy) is 1. The Hall–Kier alpha value is -1.56. The first-order chi connectivity index (χ1) is 11.4. The Morgan fingerprint density at radius 2 is 2.04 bits per heavy atom. The Bertz CT molecular complexity index is 589. The van der Waals surface area contributed by atoms with Gasteiger partial charge in [-0.25, -0.2) is 13.6 Å². The summed E-state index contributed by atoms with van der Waals surface area (Å²) in [4.78, 5) is 36.2. The van der Waals surface area contributed by atoms with E-state index < -0.39 is 65.5 Å². The quantitative estimate of drug-likeness (QED) is 0.488. The molecule has 142 valence electrons. The molecule has 0 unspecified atom stereocenters. The van der Waals surface area contributed by atoms with Crippen LogP contribution in [0.2, 0.25) is 0 Å². The summed E-state index contributed by atoms with van der Waals surface area (Å²) < 4.78 is 52.7. The molecule has 2 amide bonds. The molecular formula is C13H16F4N2O5S. The van der Waals surface area contributed by atoms with Gasteiger partial charge in [-0.15, -0.1) is 11.8 Å². The number of carboxylic acids is 1. The molecule has 7 nitrogen and oxygen atoms in total. The predicted octanol–water partition coefficient (Wildman–Crippen LogP) is 0.535. The summed E-state index contributed by atoms with van der Waals surface area (Å²) in [6.45, 7) is 0.747. The van der Waals surface area contributed by atoms with Gasteiger partial charge in [0, 0.05) is 4.75 Å². The molecule has 0 radical (unpaired) electrons. The first kappa shape index (κ1) is 19.8. The predicted molar refractivity (Wildman–Crippen MR) is 77.4 cm³/mol. The molecule has 2 rings (SSSR count). The lowest BCUT2D eigenvalue weighted by atomic mass is 9.96. The number of rotatable bonds is 7. The van der Waals surface area contributed by atoms with E-state index in [2.05, 4.69) is 10.1 Å². The van der Waals surface area contributed by atoms with E-state index >= 15 is 0 Å². The van der Waals surface area contributed by atoms with Gasteiger partial charge in [0.25, 0.3) is 0 Å². The maximum absolute atomic E-state index is 12.7. The van der Waals surface area contributed by atoms with Crippen LogP contribution in [0.1, 0.15) is 13.8 Å². The Balaban J connectivity index is 1.88. The number of alkyl halides is 4. The number of β-lactam (4-membered cyclic amide) rings is 1. The van der Waals surface area contributed by atoms with Crippen LogP contribution in [0.3, 0.4) is 0 Å². The van der Waals surface area contributed by atoms with Crippen LogP contribution < -0.4 is 5.32 Å². The molecular weight excluding hydrogens is 372 g/mol. The minimum Gasteiger partial charge on any atom is -0.480 e. The number of halogens is 4. The van der Waals surface area contributed by atoms with Crippen LogP contribution >= 0.6 is 11.8 Å². The van der Waals surface area contributed by atoms with E-state index in [-0.39, 0.29) is 0 Å². The fourth-order valence-electron chi connectivity index (χ4n) is 2.70. The van der Waals surface area contributed by atoms with Crippen molar-refractivity contribution in [1.82, 2.24) is 10.2 Å². The smallest absolute Gasteiger partial charge is 0.330 e. The Kier molecular flexibility index (Phi) is 5.24. The molecule has 12 heteroatoms. The monoisotopic (exact) mass is 388 g/mol. The molecule has 0 spiro atoms. The van der Waals surface area contributed by atoms with E-state index in [1.165, 1.54) is 11.8 Å². The van der Waals surface area contributed by atoms with Crippen LogP contribution in [0.4, 0.5) is 17.6 Å². The number of thioether (sulfide) groups is 1. The number of nitrogens with zero attached hydrogens (tertiary/aromatic N) is 1. The van der Waals surface area contributed by atoms with Crippen LogP contribution in [0.25, 0.3) is 0 Å². The molecule has 2 saturated heterocycles. The maximum Gasteiger partial charge on any atom is 0.330 e. The standard InChI is InChI=1S/C13H16F4N2O5S/c1-12(2)7(10(22)23)19-8(21)6(9(19)25-12)18-5(20)3-24-4-13(16,17)11(14)15/h6-7,9,11H,3-4H2,1-2H3,(H,18,20)(H,22,23)/t6-,7+,9-/m1/s1. The molecule has 2 fully saturated rings. The number of aliphatic carboxylic acids is 1. The third-order valence-corrected chi connectivity index (χ3v) is 5.41.